The van der Waals surface area contributed by atoms with Crippen molar-refractivity contribution < 1.29 is 9.15 Å². The van der Waals surface area contributed by atoms with Gasteiger partial charge in [0.25, 0.3) is 0 Å². The number of hydrogen-bond donors (Lipinski definition) is 0. The van der Waals surface area contributed by atoms with Crippen LogP contribution in [0.4, 0.5) is 0 Å². The number of rotatable bonds is 2. The minimum atomic E-state index is -0.357. The summed E-state index contributed by atoms with van der Waals surface area (Å²) in [5, 5.41) is 1.93. The first-order valence-corrected chi connectivity index (χ1v) is 9.98. The van der Waals surface area contributed by atoms with Gasteiger partial charge in [0, 0.05) is 22.4 Å². The van der Waals surface area contributed by atoms with E-state index in [0.29, 0.717) is 17.2 Å². The summed E-state index contributed by atoms with van der Waals surface area (Å²) in [6.45, 7) is 1.90. The molecule has 5 rings (SSSR count). The maximum atomic E-state index is 11.7. The zero-order chi connectivity index (χ0) is 18.4. The van der Waals surface area contributed by atoms with Crippen LogP contribution in [0.5, 0.6) is 11.6 Å². The number of ether oxygens (including phenoxy) is 1. The second kappa shape index (κ2) is 6.46. The number of benzene rings is 1. The van der Waals surface area contributed by atoms with E-state index in [2.05, 4.69) is 9.97 Å². The van der Waals surface area contributed by atoms with Crippen LogP contribution in [0.25, 0.3) is 21.2 Å². The SMILES string of the molecule is Cc1cc(=O)oc2cc(Oc3ncnc4sc5c(c34)CCCCC5)ccc12. The molecule has 0 aliphatic heterocycles. The second-order valence-corrected chi connectivity index (χ2v) is 8.02. The van der Waals surface area contributed by atoms with Crippen LogP contribution in [0.2, 0.25) is 0 Å². The zero-order valence-electron chi connectivity index (χ0n) is 14.9. The Kier molecular flexibility index (Phi) is 3.93. The summed E-state index contributed by atoms with van der Waals surface area (Å²) in [6.07, 6.45) is 7.38. The Balaban J connectivity index is 1.61. The van der Waals surface area contributed by atoms with E-state index in [1.807, 2.05) is 19.1 Å². The van der Waals surface area contributed by atoms with Crippen LogP contribution in [0.1, 0.15) is 35.3 Å². The van der Waals surface area contributed by atoms with Gasteiger partial charge in [-0.2, -0.15) is 0 Å². The van der Waals surface area contributed by atoms with Crippen molar-refractivity contribution in [2.24, 2.45) is 0 Å². The molecule has 1 aliphatic rings. The lowest BCUT2D eigenvalue weighted by molar-refractivity contribution is 0.466. The summed E-state index contributed by atoms with van der Waals surface area (Å²) >= 11 is 1.75. The quantitative estimate of drug-likeness (QED) is 0.356. The molecular weight excluding hydrogens is 360 g/mol. The molecule has 0 fully saturated rings. The molecule has 3 heterocycles. The molecule has 6 heteroatoms. The number of aryl methyl sites for hydroxylation is 3. The van der Waals surface area contributed by atoms with Crippen LogP contribution in [0.3, 0.4) is 0 Å². The summed E-state index contributed by atoms with van der Waals surface area (Å²) in [7, 11) is 0. The molecule has 0 radical (unpaired) electrons. The van der Waals surface area contributed by atoms with Crippen LogP contribution in [-0.4, -0.2) is 9.97 Å². The minimum absolute atomic E-state index is 0.357. The topological polar surface area (TPSA) is 65.2 Å². The smallest absolute Gasteiger partial charge is 0.336 e. The highest BCUT2D eigenvalue weighted by molar-refractivity contribution is 7.18. The number of hydrogen-bond acceptors (Lipinski definition) is 6. The van der Waals surface area contributed by atoms with Gasteiger partial charge in [0.05, 0.1) is 5.39 Å². The zero-order valence-corrected chi connectivity index (χ0v) is 15.8. The van der Waals surface area contributed by atoms with Crippen LogP contribution in [0.15, 0.2) is 39.8 Å². The highest BCUT2D eigenvalue weighted by atomic mass is 32.1. The number of thiophene rings is 1. The molecule has 0 spiro atoms. The Morgan fingerprint density at radius 3 is 2.93 bits per heavy atom. The summed E-state index contributed by atoms with van der Waals surface area (Å²) in [5.41, 5.74) is 2.39. The molecule has 3 aromatic heterocycles. The van der Waals surface area contributed by atoms with Crippen LogP contribution >= 0.6 is 11.3 Å². The van der Waals surface area contributed by atoms with Crippen molar-refractivity contribution in [2.75, 3.05) is 0 Å². The minimum Gasteiger partial charge on any atom is -0.438 e. The second-order valence-electron chi connectivity index (χ2n) is 6.93. The normalized spacial score (nSPS) is 14.3. The first-order valence-electron chi connectivity index (χ1n) is 9.16. The van der Waals surface area contributed by atoms with Gasteiger partial charge >= 0.3 is 5.63 Å². The van der Waals surface area contributed by atoms with E-state index in [-0.39, 0.29) is 5.63 Å². The summed E-state index contributed by atoms with van der Waals surface area (Å²) in [5.74, 6) is 1.18. The Labute approximate surface area is 159 Å². The average molecular weight is 378 g/mol. The van der Waals surface area contributed by atoms with Gasteiger partial charge in [-0.3, -0.25) is 0 Å². The molecule has 0 atom stereocenters. The van der Waals surface area contributed by atoms with Crippen molar-refractivity contribution in [1.29, 1.82) is 0 Å². The standard InChI is InChI=1S/C21H18N2O3S/c1-12-9-18(24)26-16-10-13(7-8-14(12)16)25-20-19-15-5-3-2-4-6-17(15)27-21(19)23-11-22-20/h7-11H,2-6H2,1H3. The van der Waals surface area contributed by atoms with Crippen molar-refractivity contribution in [2.45, 2.75) is 39.0 Å². The average Bonchev–Trinajstić information content (AvgIpc) is 2.84. The molecule has 0 saturated heterocycles. The van der Waals surface area contributed by atoms with Crippen molar-refractivity contribution in [3.63, 3.8) is 0 Å². The number of aromatic nitrogens is 2. The summed E-state index contributed by atoms with van der Waals surface area (Å²) in [4.78, 5) is 22.9. The van der Waals surface area contributed by atoms with Gasteiger partial charge in [-0.25, -0.2) is 14.8 Å². The largest absolute Gasteiger partial charge is 0.438 e. The number of fused-ring (bicyclic) bond motifs is 4. The van der Waals surface area contributed by atoms with E-state index in [0.717, 1.165) is 34.0 Å². The Morgan fingerprint density at radius 1 is 1.11 bits per heavy atom. The van der Waals surface area contributed by atoms with Crippen molar-refractivity contribution >= 4 is 32.5 Å². The van der Waals surface area contributed by atoms with E-state index in [9.17, 15) is 4.79 Å². The summed E-state index contributed by atoms with van der Waals surface area (Å²) < 4.78 is 11.5. The van der Waals surface area contributed by atoms with Gasteiger partial charge in [0.15, 0.2) is 0 Å². The molecule has 4 aromatic rings. The third-order valence-electron chi connectivity index (χ3n) is 5.10. The fraction of sp³-hybridized carbons (Fsp3) is 0.286. The Morgan fingerprint density at radius 2 is 2.00 bits per heavy atom. The third-order valence-corrected chi connectivity index (χ3v) is 6.30. The lowest BCUT2D eigenvalue weighted by atomic mass is 10.1. The fourth-order valence-corrected chi connectivity index (χ4v) is 5.02. The predicted molar refractivity (Wildman–Crippen MR) is 106 cm³/mol. The number of nitrogens with zero attached hydrogens (tertiary/aromatic N) is 2. The lowest BCUT2D eigenvalue weighted by Gasteiger charge is -2.08. The first-order chi connectivity index (χ1) is 13.2. The van der Waals surface area contributed by atoms with E-state index in [4.69, 9.17) is 9.15 Å². The molecule has 1 aliphatic carbocycles. The van der Waals surface area contributed by atoms with Gasteiger partial charge in [0.2, 0.25) is 5.88 Å². The Bertz CT molecular complexity index is 1230. The third kappa shape index (κ3) is 2.90. The van der Waals surface area contributed by atoms with Gasteiger partial charge in [0.1, 0.15) is 22.5 Å². The molecule has 27 heavy (non-hydrogen) atoms. The first kappa shape index (κ1) is 16.4. The van der Waals surface area contributed by atoms with Gasteiger partial charge in [-0.05, 0) is 55.9 Å². The molecule has 1 aromatic carbocycles. The molecular formula is C21H18N2O3S. The van der Waals surface area contributed by atoms with E-state index >= 15 is 0 Å². The van der Waals surface area contributed by atoms with E-state index in [1.165, 1.54) is 35.8 Å². The Hall–Kier alpha value is -2.73. The van der Waals surface area contributed by atoms with E-state index in [1.54, 1.807) is 23.7 Å². The molecule has 0 bridgehead atoms. The van der Waals surface area contributed by atoms with Crippen molar-refractivity contribution in [1.82, 2.24) is 9.97 Å². The van der Waals surface area contributed by atoms with Crippen LogP contribution < -0.4 is 10.4 Å². The van der Waals surface area contributed by atoms with Gasteiger partial charge < -0.3 is 9.15 Å². The predicted octanol–water partition coefficient (Wildman–Crippen LogP) is 5.17. The fourth-order valence-electron chi connectivity index (χ4n) is 3.80. The van der Waals surface area contributed by atoms with Gasteiger partial charge in [-0.15, -0.1) is 11.3 Å². The maximum Gasteiger partial charge on any atom is 0.336 e. The molecule has 0 saturated carbocycles. The highest BCUT2D eigenvalue weighted by Crippen LogP contribution is 2.39. The van der Waals surface area contributed by atoms with Crippen LogP contribution in [0, 0.1) is 6.92 Å². The van der Waals surface area contributed by atoms with Crippen molar-refractivity contribution in [3.8, 4) is 11.6 Å². The lowest BCUT2D eigenvalue weighted by Crippen LogP contribution is -1.98. The molecule has 136 valence electrons. The van der Waals surface area contributed by atoms with Crippen LogP contribution in [-0.2, 0) is 12.8 Å². The van der Waals surface area contributed by atoms with E-state index < -0.39 is 0 Å². The molecule has 0 N–H and O–H groups in total. The van der Waals surface area contributed by atoms with Crippen molar-refractivity contribution in [3.05, 3.63) is 57.0 Å². The maximum absolute atomic E-state index is 11.7. The molecule has 0 unspecified atom stereocenters. The summed E-state index contributed by atoms with van der Waals surface area (Å²) in [6, 6.07) is 7.05. The monoisotopic (exact) mass is 378 g/mol. The highest BCUT2D eigenvalue weighted by Gasteiger charge is 2.20. The molecule has 0 amide bonds. The van der Waals surface area contributed by atoms with Gasteiger partial charge in [-0.1, -0.05) is 6.42 Å². The molecule has 5 nitrogen and oxygen atoms in total.